The minimum atomic E-state index is -3.62. The fraction of sp³-hybridized carbons (Fsp3) is 0.273. The Morgan fingerprint density at radius 2 is 2.18 bits per heavy atom. The summed E-state index contributed by atoms with van der Waals surface area (Å²) < 4.78 is 25.0. The number of hydrogen-bond acceptors (Lipinski definition) is 3. The lowest BCUT2D eigenvalue weighted by Gasteiger charge is -2.14. The van der Waals surface area contributed by atoms with E-state index in [0.717, 1.165) is 4.31 Å². The second kappa shape index (κ2) is 5.52. The molecule has 17 heavy (non-hydrogen) atoms. The highest BCUT2D eigenvalue weighted by Gasteiger charge is 2.20. The summed E-state index contributed by atoms with van der Waals surface area (Å²) in [6, 6.07) is 4.16. The topological polar surface area (TPSA) is 57.6 Å². The van der Waals surface area contributed by atoms with E-state index in [2.05, 4.69) is 5.92 Å². The van der Waals surface area contributed by atoms with Crippen LogP contribution in [0, 0.1) is 12.3 Å². The van der Waals surface area contributed by atoms with E-state index in [0.29, 0.717) is 5.56 Å². The molecule has 0 bridgehead atoms. The fourth-order valence-corrected chi connectivity index (χ4v) is 2.63. The van der Waals surface area contributed by atoms with Crippen LogP contribution in [0.4, 0.5) is 0 Å². The van der Waals surface area contributed by atoms with E-state index in [-0.39, 0.29) is 23.1 Å². The number of aliphatic hydroxyl groups is 1. The van der Waals surface area contributed by atoms with Crippen LogP contribution in [0.2, 0.25) is 5.02 Å². The van der Waals surface area contributed by atoms with Gasteiger partial charge in [0.2, 0.25) is 10.0 Å². The maximum Gasteiger partial charge on any atom is 0.243 e. The minimum absolute atomic E-state index is 0.0122. The first kappa shape index (κ1) is 14.0. The van der Waals surface area contributed by atoms with Crippen LogP contribution >= 0.6 is 11.6 Å². The van der Waals surface area contributed by atoms with Crippen molar-refractivity contribution in [1.82, 2.24) is 4.31 Å². The van der Waals surface area contributed by atoms with E-state index in [4.69, 9.17) is 23.1 Å². The molecule has 0 saturated heterocycles. The van der Waals surface area contributed by atoms with Gasteiger partial charge >= 0.3 is 0 Å². The molecular formula is C11H12ClNO3S. The van der Waals surface area contributed by atoms with E-state index < -0.39 is 10.0 Å². The van der Waals surface area contributed by atoms with Gasteiger partial charge in [0.15, 0.2) is 0 Å². The molecular weight excluding hydrogens is 262 g/mol. The van der Waals surface area contributed by atoms with Crippen molar-refractivity contribution < 1.29 is 13.5 Å². The number of terminal acetylenes is 1. The average Bonchev–Trinajstić information content (AvgIpc) is 2.29. The third-order valence-corrected chi connectivity index (χ3v) is 4.37. The Kier molecular flexibility index (Phi) is 4.54. The van der Waals surface area contributed by atoms with Crippen LogP contribution in [0.1, 0.15) is 5.56 Å². The zero-order valence-electron chi connectivity index (χ0n) is 9.22. The van der Waals surface area contributed by atoms with Crippen LogP contribution in [0.15, 0.2) is 23.1 Å². The lowest BCUT2D eigenvalue weighted by atomic mass is 10.2. The Balaban J connectivity index is 3.17. The maximum absolute atomic E-state index is 12.0. The molecule has 1 N–H and O–H groups in total. The number of nitrogens with zero attached hydrogens (tertiary/aromatic N) is 1. The van der Waals surface area contributed by atoms with Crippen molar-refractivity contribution in [2.75, 3.05) is 13.6 Å². The molecule has 1 aromatic carbocycles. The van der Waals surface area contributed by atoms with E-state index in [1.807, 2.05) is 0 Å². The minimum Gasteiger partial charge on any atom is -0.392 e. The molecule has 0 amide bonds. The highest BCUT2D eigenvalue weighted by atomic mass is 35.5. The Morgan fingerprint density at radius 1 is 1.53 bits per heavy atom. The van der Waals surface area contributed by atoms with Crippen LogP contribution in [0.25, 0.3) is 0 Å². The van der Waals surface area contributed by atoms with Gasteiger partial charge in [0.05, 0.1) is 18.0 Å². The van der Waals surface area contributed by atoms with E-state index in [1.54, 1.807) is 0 Å². The first-order chi connectivity index (χ1) is 7.93. The van der Waals surface area contributed by atoms with Gasteiger partial charge in [-0.3, -0.25) is 0 Å². The van der Waals surface area contributed by atoms with Crippen LogP contribution in [-0.4, -0.2) is 31.4 Å². The van der Waals surface area contributed by atoms with Gasteiger partial charge in [0, 0.05) is 12.1 Å². The Hall–Kier alpha value is -1.06. The van der Waals surface area contributed by atoms with Gasteiger partial charge in [0.25, 0.3) is 0 Å². The molecule has 0 fully saturated rings. The predicted molar refractivity (Wildman–Crippen MR) is 66.0 cm³/mol. The standard InChI is InChI=1S/C11H12ClNO3S/c1-3-6-13(2)17(15,16)10-5-4-9(8-14)11(12)7-10/h1,4-5,7,14H,6,8H2,2H3. The number of sulfonamides is 1. The summed E-state index contributed by atoms with van der Waals surface area (Å²) in [7, 11) is -2.23. The summed E-state index contributed by atoms with van der Waals surface area (Å²) in [4.78, 5) is 0.0532. The second-order valence-corrected chi connectivity index (χ2v) is 5.83. The Morgan fingerprint density at radius 3 is 2.65 bits per heavy atom. The molecule has 0 aliphatic rings. The molecule has 92 valence electrons. The summed E-state index contributed by atoms with van der Waals surface area (Å²) in [5, 5.41) is 9.15. The number of aliphatic hydroxyl groups excluding tert-OH is 1. The quantitative estimate of drug-likeness (QED) is 0.836. The van der Waals surface area contributed by atoms with Gasteiger partial charge in [-0.25, -0.2) is 8.42 Å². The average molecular weight is 274 g/mol. The van der Waals surface area contributed by atoms with Crippen LogP contribution in [0.5, 0.6) is 0 Å². The lowest BCUT2D eigenvalue weighted by molar-refractivity contribution is 0.282. The van der Waals surface area contributed by atoms with E-state index in [9.17, 15) is 8.42 Å². The summed E-state index contributed by atoms with van der Waals surface area (Å²) in [5.41, 5.74) is 0.477. The largest absolute Gasteiger partial charge is 0.392 e. The summed E-state index contributed by atoms with van der Waals surface area (Å²) >= 11 is 5.83. The molecule has 6 heteroatoms. The van der Waals surface area contributed by atoms with E-state index >= 15 is 0 Å². The van der Waals surface area contributed by atoms with Crippen molar-refractivity contribution in [3.63, 3.8) is 0 Å². The van der Waals surface area contributed by atoms with Gasteiger partial charge in [-0.1, -0.05) is 23.6 Å². The zero-order valence-corrected chi connectivity index (χ0v) is 10.8. The molecule has 1 rings (SSSR count). The number of rotatable bonds is 4. The zero-order chi connectivity index (χ0) is 13.1. The summed E-state index contributed by atoms with van der Waals surface area (Å²) in [5.74, 6) is 2.25. The van der Waals surface area contributed by atoms with E-state index in [1.165, 1.54) is 25.2 Å². The molecule has 0 saturated carbocycles. The molecule has 0 heterocycles. The summed E-state index contributed by atoms with van der Waals surface area (Å²) in [6.07, 6.45) is 5.06. The highest BCUT2D eigenvalue weighted by Crippen LogP contribution is 2.22. The molecule has 0 spiro atoms. The fourth-order valence-electron chi connectivity index (χ4n) is 1.21. The van der Waals surface area contributed by atoms with Crippen molar-refractivity contribution in [2.45, 2.75) is 11.5 Å². The maximum atomic E-state index is 12.0. The van der Waals surface area contributed by atoms with Gasteiger partial charge in [-0.2, -0.15) is 4.31 Å². The van der Waals surface area contributed by atoms with Crippen molar-refractivity contribution in [1.29, 1.82) is 0 Å². The summed E-state index contributed by atoms with van der Waals surface area (Å²) in [6.45, 7) is -0.249. The lowest BCUT2D eigenvalue weighted by Crippen LogP contribution is -2.27. The third-order valence-electron chi connectivity index (χ3n) is 2.22. The molecule has 0 aliphatic heterocycles. The first-order valence-corrected chi connectivity index (χ1v) is 6.54. The van der Waals surface area contributed by atoms with Gasteiger partial charge in [-0.05, 0) is 17.7 Å². The number of benzene rings is 1. The number of halogens is 1. The van der Waals surface area contributed by atoms with Crippen LogP contribution < -0.4 is 0 Å². The highest BCUT2D eigenvalue weighted by molar-refractivity contribution is 7.89. The third kappa shape index (κ3) is 2.99. The molecule has 0 aliphatic carbocycles. The SMILES string of the molecule is C#CCN(C)S(=O)(=O)c1ccc(CO)c(Cl)c1. The Bertz CT molecular complexity index is 548. The molecule has 4 nitrogen and oxygen atoms in total. The molecule has 0 radical (unpaired) electrons. The van der Waals surface area contributed by atoms with Crippen LogP contribution in [-0.2, 0) is 16.6 Å². The second-order valence-electron chi connectivity index (χ2n) is 3.38. The molecule has 0 aromatic heterocycles. The monoisotopic (exact) mass is 273 g/mol. The van der Waals surface area contributed by atoms with Gasteiger partial charge in [0.1, 0.15) is 0 Å². The number of hydrogen-bond donors (Lipinski definition) is 1. The van der Waals surface area contributed by atoms with Crippen molar-refractivity contribution in [3.05, 3.63) is 28.8 Å². The first-order valence-electron chi connectivity index (χ1n) is 4.72. The van der Waals surface area contributed by atoms with Crippen molar-refractivity contribution >= 4 is 21.6 Å². The molecule has 0 unspecified atom stereocenters. The molecule has 1 aromatic rings. The van der Waals surface area contributed by atoms with Gasteiger partial charge in [-0.15, -0.1) is 6.42 Å². The van der Waals surface area contributed by atoms with Gasteiger partial charge < -0.3 is 5.11 Å². The normalized spacial score (nSPS) is 11.5. The molecule has 0 atom stereocenters. The van der Waals surface area contributed by atoms with Crippen molar-refractivity contribution in [3.8, 4) is 12.3 Å². The predicted octanol–water partition coefficient (Wildman–Crippen LogP) is 1.09. The van der Waals surface area contributed by atoms with Crippen molar-refractivity contribution in [2.24, 2.45) is 0 Å². The smallest absolute Gasteiger partial charge is 0.243 e. The van der Waals surface area contributed by atoms with Crippen LogP contribution in [0.3, 0.4) is 0 Å². The Labute approximate surface area is 106 Å².